The van der Waals surface area contributed by atoms with E-state index in [2.05, 4.69) is 29.5 Å². The van der Waals surface area contributed by atoms with E-state index in [1.54, 1.807) is 48.0 Å². The maximum absolute atomic E-state index is 13.0. The molecule has 1 aromatic heterocycles. The lowest BCUT2D eigenvalue weighted by Gasteiger charge is -2.16. The molecule has 0 saturated carbocycles. The van der Waals surface area contributed by atoms with Crippen LogP contribution in [0.25, 0.3) is 0 Å². The second-order valence-electron chi connectivity index (χ2n) is 7.38. The predicted octanol–water partition coefficient (Wildman–Crippen LogP) is 4.95. The number of carbonyl (C=O) groups is 3. The van der Waals surface area contributed by atoms with E-state index >= 15 is 0 Å². The van der Waals surface area contributed by atoms with Crippen molar-refractivity contribution in [1.82, 2.24) is 4.98 Å². The van der Waals surface area contributed by atoms with Crippen LogP contribution in [0.15, 0.2) is 70.8 Å². The Kier molecular flexibility index (Phi) is 6.07. The number of thiazole rings is 1. The summed E-state index contributed by atoms with van der Waals surface area (Å²) in [6, 6.07) is 13.7. The molecule has 0 radical (unpaired) electrons. The molecule has 0 bridgehead atoms. The number of carbonyl (C=O) groups excluding carboxylic acids is 3. The van der Waals surface area contributed by atoms with Crippen LogP contribution in [-0.4, -0.2) is 22.7 Å². The number of aromatic nitrogens is 1. The van der Waals surface area contributed by atoms with Gasteiger partial charge in [-0.15, -0.1) is 11.3 Å². The number of anilines is 3. The molecule has 3 aromatic rings. The van der Waals surface area contributed by atoms with Gasteiger partial charge in [0.05, 0.1) is 5.69 Å². The van der Waals surface area contributed by atoms with Crippen LogP contribution in [-0.2, 0) is 9.59 Å². The quantitative estimate of drug-likeness (QED) is 0.501. The molecule has 2 aromatic carbocycles. The van der Waals surface area contributed by atoms with E-state index in [0.717, 1.165) is 10.5 Å². The van der Waals surface area contributed by atoms with Gasteiger partial charge in [-0.05, 0) is 41.8 Å². The molecule has 0 atom stereocenters. The standard InChI is InChI=1S/C23H19ClN4O3S/c1-13(2)14-6-8-17(9-7-14)28-21(30)18(24)19(22(28)31)26-16-5-3-4-15(12-16)20(29)27-23-25-10-11-32-23/h3-13,26H,1-2H3,(H,25,27,29). The molecule has 0 aliphatic carbocycles. The summed E-state index contributed by atoms with van der Waals surface area (Å²) in [7, 11) is 0. The molecular weight excluding hydrogens is 448 g/mol. The molecule has 1 aliphatic heterocycles. The number of amides is 3. The fourth-order valence-electron chi connectivity index (χ4n) is 3.19. The van der Waals surface area contributed by atoms with Crippen molar-refractivity contribution < 1.29 is 14.4 Å². The molecule has 32 heavy (non-hydrogen) atoms. The van der Waals surface area contributed by atoms with Crippen molar-refractivity contribution >= 4 is 57.2 Å². The van der Waals surface area contributed by atoms with E-state index < -0.39 is 11.8 Å². The van der Waals surface area contributed by atoms with Crippen molar-refractivity contribution in [2.24, 2.45) is 0 Å². The molecule has 3 amide bonds. The number of rotatable bonds is 6. The minimum atomic E-state index is -0.603. The Morgan fingerprint density at radius 1 is 1.09 bits per heavy atom. The van der Waals surface area contributed by atoms with Gasteiger partial charge in [0.15, 0.2) is 5.13 Å². The van der Waals surface area contributed by atoms with Crippen molar-refractivity contribution in [3.63, 3.8) is 0 Å². The first-order valence-corrected chi connectivity index (χ1v) is 11.1. The lowest BCUT2D eigenvalue weighted by atomic mass is 10.0. The Bertz CT molecular complexity index is 1220. The van der Waals surface area contributed by atoms with Gasteiger partial charge in [-0.3, -0.25) is 19.7 Å². The first kappa shape index (κ1) is 21.7. The monoisotopic (exact) mass is 466 g/mol. The number of nitrogens with zero attached hydrogens (tertiary/aromatic N) is 2. The zero-order valence-corrected chi connectivity index (χ0v) is 18.8. The van der Waals surface area contributed by atoms with Crippen LogP contribution in [0.3, 0.4) is 0 Å². The van der Waals surface area contributed by atoms with Gasteiger partial charge in [0, 0.05) is 22.8 Å². The number of halogens is 1. The van der Waals surface area contributed by atoms with Gasteiger partial charge < -0.3 is 5.32 Å². The van der Waals surface area contributed by atoms with E-state index in [-0.39, 0.29) is 16.6 Å². The average molecular weight is 467 g/mol. The van der Waals surface area contributed by atoms with E-state index in [1.807, 2.05) is 12.1 Å². The number of nitrogens with one attached hydrogen (secondary N) is 2. The van der Waals surface area contributed by atoms with Gasteiger partial charge in [-0.25, -0.2) is 9.88 Å². The van der Waals surface area contributed by atoms with E-state index in [1.165, 1.54) is 11.3 Å². The first-order valence-electron chi connectivity index (χ1n) is 9.81. The van der Waals surface area contributed by atoms with Gasteiger partial charge in [0.25, 0.3) is 17.7 Å². The zero-order chi connectivity index (χ0) is 22.8. The lowest BCUT2D eigenvalue weighted by molar-refractivity contribution is -0.120. The van der Waals surface area contributed by atoms with Crippen LogP contribution >= 0.6 is 22.9 Å². The van der Waals surface area contributed by atoms with Gasteiger partial charge in [0.1, 0.15) is 10.7 Å². The summed E-state index contributed by atoms with van der Waals surface area (Å²) in [5.74, 6) is -1.18. The summed E-state index contributed by atoms with van der Waals surface area (Å²) in [5, 5.41) is 7.63. The predicted molar refractivity (Wildman–Crippen MR) is 126 cm³/mol. The second kappa shape index (κ2) is 8.94. The summed E-state index contributed by atoms with van der Waals surface area (Å²) in [6.07, 6.45) is 1.59. The molecule has 4 rings (SSSR count). The Morgan fingerprint density at radius 2 is 1.84 bits per heavy atom. The molecule has 1 aliphatic rings. The highest BCUT2D eigenvalue weighted by atomic mass is 35.5. The van der Waals surface area contributed by atoms with E-state index in [0.29, 0.717) is 28.0 Å². The lowest BCUT2D eigenvalue weighted by Crippen LogP contribution is -2.32. The summed E-state index contributed by atoms with van der Waals surface area (Å²) in [5.41, 5.74) is 2.30. The summed E-state index contributed by atoms with van der Waals surface area (Å²) < 4.78 is 0. The van der Waals surface area contributed by atoms with E-state index in [9.17, 15) is 14.4 Å². The zero-order valence-electron chi connectivity index (χ0n) is 17.3. The largest absolute Gasteiger partial charge is 0.350 e. The van der Waals surface area contributed by atoms with Crippen LogP contribution in [0.5, 0.6) is 0 Å². The van der Waals surface area contributed by atoms with Gasteiger partial charge >= 0.3 is 0 Å². The Hall–Kier alpha value is -3.49. The Morgan fingerprint density at radius 3 is 2.50 bits per heavy atom. The smallest absolute Gasteiger partial charge is 0.283 e. The van der Waals surface area contributed by atoms with Crippen molar-refractivity contribution in [2.75, 3.05) is 15.5 Å². The van der Waals surface area contributed by atoms with E-state index in [4.69, 9.17) is 11.6 Å². The Labute approximate surface area is 193 Å². The van der Waals surface area contributed by atoms with Gasteiger partial charge in [0.2, 0.25) is 0 Å². The SMILES string of the molecule is CC(C)c1ccc(N2C(=O)C(Cl)=C(Nc3cccc(C(=O)Nc4nccs4)c3)C2=O)cc1. The number of hydrogen-bond donors (Lipinski definition) is 2. The highest BCUT2D eigenvalue weighted by Gasteiger charge is 2.39. The Balaban J connectivity index is 1.53. The molecule has 2 heterocycles. The topological polar surface area (TPSA) is 91.4 Å². The van der Waals surface area contributed by atoms with Crippen LogP contribution in [0.4, 0.5) is 16.5 Å². The van der Waals surface area contributed by atoms with Gasteiger partial charge in [-0.2, -0.15) is 0 Å². The van der Waals surface area contributed by atoms with Crippen LogP contribution in [0.1, 0.15) is 35.7 Å². The summed E-state index contributed by atoms with van der Waals surface area (Å²) >= 11 is 7.52. The fraction of sp³-hybridized carbons (Fsp3) is 0.130. The molecule has 0 spiro atoms. The molecule has 0 fully saturated rings. The molecule has 0 unspecified atom stereocenters. The molecule has 0 saturated heterocycles. The fourth-order valence-corrected chi connectivity index (χ4v) is 3.93. The van der Waals surface area contributed by atoms with Crippen molar-refractivity contribution in [1.29, 1.82) is 0 Å². The minimum absolute atomic E-state index is 0.0397. The highest BCUT2D eigenvalue weighted by molar-refractivity contribution is 7.13. The first-order chi connectivity index (χ1) is 15.3. The second-order valence-corrected chi connectivity index (χ2v) is 8.65. The highest BCUT2D eigenvalue weighted by Crippen LogP contribution is 2.31. The molecule has 2 N–H and O–H groups in total. The van der Waals surface area contributed by atoms with Crippen molar-refractivity contribution in [3.05, 3.63) is 82.0 Å². The third-order valence-corrected chi connectivity index (χ3v) is 5.93. The molecule has 9 heteroatoms. The maximum Gasteiger partial charge on any atom is 0.283 e. The van der Waals surface area contributed by atoms with Crippen LogP contribution in [0, 0.1) is 0 Å². The molecule has 7 nitrogen and oxygen atoms in total. The van der Waals surface area contributed by atoms with Crippen LogP contribution < -0.4 is 15.5 Å². The normalized spacial score (nSPS) is 13.8. The van der Waals surface area contributed by atoms with Crippen molar-refractivity contribution in [2.45, 2.75) is 19.8 Å². The third-order valence-electron chi connectivity index (χ3n) is 4.89. The third kappa shape index (κ3) is 4.28. The molecule has 162 valence electrons. The van der Waals surface area contributed by atoms with Crippen LogP contribution in [0.2, 0.25) is 0 Å². The maximum atomic E-state index is 13.0. The number of hydrogen-bond acceptors (Lipinski definition) is 6. The average Bonchev–Trinajstić information content (AvgIpc) is 3.37. The number of benzene rings is 2. The van der Waals surface area contributed by atoms with Gasteiger partial charge in [-0.1, -0.05) is 43.6 Å². The summed E-state index contributed by atoms with van der Waals surface area (Å²) in [4.78, 5) is 43.2. The molecular formula is C23H19ClN4O3S. The van der Waals surface area contributed by atoms with Crippen molar-refractivity contribution in [3.8, 4) is 0 Å². The summed E-state index contributed by atoms with van der Waals surface area (Å²) in [6.45, 7) is 4.12. The number of imide groups is 1. The minimum Gasteiger partial charge on any atom is -0.350 e.